The summed E-state index contributed by atoms with van der Waals surface area (Å²) in [6.45, 7) is 0. The molecule has 0 aliphatic rings. The summed E-state index contributed by atoms with van der Waals surface area (Å²) in [4.78, 5) is 7.26. The van der Waals surface area contributed by atoms with Crippen LogP contribution in [-0.2, 0) is 10.0 Å². The van der Waals surface area contributed by atoms with Gasteiger partial charge in [0.1, 0.15) is 11.0 Å². The molecular weight excluding hydrogens is 344 g/mol. The number of hydrogen-bond acceptors (Lipinski definition) is 5. The Hall–Kier alpha value is -1.64. The molecule has 112 valence electrons. The van der Waals surface area contributed by atoms with Crippen LogP contribution in [0.25, 0.3) is 0 Å². The van der Waals surface area contributed by atoms with E-state index < -0.39 is 15.8 Å². The summed E-state index contributed by atoms with van der Waals surface area (Å²) in [6.07, 6.45) is 0. The first-order valence-corrected chi connectivity index (χ1v) is 7.62. The molecular formula is C11H8Cl2FN3O3S. The third-order valence-corrected chi connectivity index (χ3v) is 4.12. The highest BCUT2D eigenvalue weighted by atomic mass is 35.5. The Morgan fingerprint density at radius 2 is 1.95 bits per heavy atom. The van der Waals surface area contributed by atoms with E-state index in [4.69, 9.17) is 27.9 Å². The van der Waals surface area contributed by atoms with E-state index in [-0.39, 0.29) is 26.9 Å². The smallest absolute Gasteiger partial charge is 0.264 e. The van der Waals surface area contributed by atoms with Crippen molar-refractivity contribution in [2.45, 2.75) is 4.90 Å². The Morgan fingerprint density at radius 1 is 1.24 bits per heavy atom. The molecule has 0 saturated carbocycles. The van der Waals surface area contributed by atoms with Crippen LogP contribution in [-0.4, -0.2) is 25.5 Å². The lowest BCUT2D eigenvalue weighted by molar-refractivity contribution is 0.397. The minimum absolute atomic E-state index is 0.00307. The van der Waals surface area contributed by atoms with E-state index in [1.807, 2.05) is 0 Å². The molecule has 0 atom stereocenters. The lowest BCUT2D eigenvalue weighted by atomic mass is 10.3. The van der Waals surface area contributed by atoms with E-state index in [0.717, 1.165) is 18.2 Å². The van der Waals surface area contributed by atoms with Gasteiger partial charge >= 0.3 is 0 Å². The van der Waals surface area contributed by atoms with Gasteiger partial charge in [0.25, 0.3) is 10.0 Å². The number of rotatable bonds is 4. The zero-order valence-electron chi connectivity index (χ0n) is 10.5. The van der Waals surface area contributed by atoms with E-state index in [0.29, 0.717) is 0 Å². The average Bonchev–Trinajstić information content (AvgIpc) is 2.40. The molecule has 0 saturated heterocycles. The van der Waals surface area contributed by atoms with Crippen LogP contribution in [0.15, 0.2) is 29.2 Å². The predicted octanol–water partition coefficient (Wildman–Crippen LogP) is 2.73. The lowest BCUT2D eigenvalue weighted by Crippen LogP contribution is -2.15. The van der Waals surface area contributed by atoms with Gasteiger partial charge < -0.3 is 4.74 Å². The van der Waals surface area contributed by atoms with Crippen molar-refractivity contribution in [1.82, 2.24) is 9.97 Å². The fourth-order valence-electron chi connectivity index (χ4n) is 1.37. The summed E-state index contributed by atoms with van der Waals surface area (Å²) in [6, 6.07) is 4.29. The van der Waals surface area contributed by atoms with Crippen LogP contribution in [0.4, 0.5) is 10.3 Å². The monoisotopic (exact) mass is 351 g/mol. The number of aromatic nitrogens is 2. The molecule has 6 nitrogen and oxygen atoms in total. The molecule has 0 unspecified atom stereocenters. The minimum atomic E-state index is -4.03. The Morgan fingerprint density at radius 3 is 2.57 bits per heavy atom. The van der Waals surface area contributed by atoms with Crippen molar-refractivity contribution in [3.05, 3.63) is 40.3 Å². The molecule has 0 bridgehead atoms. The third-order valence-electron chi connectivity index (χ3n) is 2.31. The van der Waals surface area contributed by atoms with Crippen molar-refractivity contribution in [1.29, 1.82) is 0 Å². The Balaban J connectivity index is 2.37. The van der Waals surface area contributed by atoms with Gasteiger partial charge in [-0.2, -0.15) is 4.98 Å². The van der Waals surface area contributed by atoms with Gasteiger partial charge in [-0.1, -0.05) is 23.2 Å². The molecule has 0 radical (unpaired) electrons. The van der Waals surface area contributed by atoms with Crippen molar-refractivity contribution < 1.29 is 17.5 Å². The fourth-order valence-corrected chi connectivity index (χ4v) is 2.76. The maximum absolute atomic E-state index is 13.1. The molecule has 10 heteroatoms. The average molecular weight is 352 g/mol. The number of benzene rings is 1. The molecule has 0 spiro atoms. The highest BCUT2D eigenvalue weighted by molar-refractivity contribution is 7.92. The fraction of sp³-hybridized carbons (Fsp3) is 0.0909. The van der Waals surface area contributed by atoms with E-state index in [9.17, 15) is 12.8 Å². The first-order chi connectivity index (χ1) is 9.81. The summed E-state index contributed by atoms with van der Waals surface area (Å²) in [5, 5.41) is -0.320. The molecule has 0 fully saturated rings. The molecule has 2 aromatic rings. The molecule has 0 aliphatic carbocycles. The van der Waals surface area contributed by atoms with Crippen molar-refractivity contribution in [2.75, 3.05) is 11.8 Å². The Bertz CT molecular complexity index is 786. The van der Waals surface area contributed by atoms with Gasteiger partial charge in [0, 0.05) is 6.07 Å². The van der Waals surface area contributed by atoms with Gasteiger partial charge in [0.05, 0.1) is 17.0 Å². The summed E-state index contributed by atoms with van der Waals surface area (Å²) >= 11 is 11.3. The molecule has 2 rings (SSSR count). The zero-order chi connectivity index (χ0) is 15.6. The van der Waals surface area contributed by atoms with Crippen molar-refractivity contribution >= 4 is 39.2 Å². The maximum atomic E-state index is 13.1. The number of ether oxygens (including phenoxy) is 1. The topological polar surface area (TPSA) is 81.2 Å². The number of nitrogens with zero attached hydrogens (tertiary/aromatic N) is 2. The molecule has 0 aliphatic heterocycles. The van der Waals surface area contributed by atoms with Gasteiger partial charge in [-0.15, -0.1) is 0 Å². The van der Waals surface area contributed by atoms with Gasteiger partial charge in [0.15, 0.2) is 0 Å². The second kappa shape index (κ2) is 6.00. The minimum Gasteiger partial charge on any atom is -0.481 e. The first kappa shape index (κ1) is 15.7. The number of hydrogen-bond donors (Lipinski definition) is 1. The number of methoxy groups -OCH3 is 1. The second-order valence-electron chi connectivity index (χ2n) is 3.74. The molecule has 1 N–H and O–H groups in total. The number of anilines is 1. The van der Waals surface area contributed by atoms with Crippen LogP contribution in [0, 0.1) is 5.82 Å². The Kier molecular flexibility index (Phi) is 4.50. The first-order valence-electron chi connectivity index (χ1n) is 5.38. The maximum Gasteiger partial charge on any atom is 0.264 e. The van der Waals surface area contributed by atoms with Gasteiger partial charge in [-0.05, 0) is 18.2 Å². The third kappa shape index (κ3) is 3.72. The normalized spacial score (nSPS) is 11.2. The summed E-state index contributed by atoms with van der Waals surface area (Å²) in [7, 11) is -2.69. The molecule has 1 aromatic heterocycles. The van der Waals surface area contributed by atoms with Crippen LogP contribution in [0.2, 0.25) is 10.2 Å². The van der Waals surface area contributed by atoms with Crippen LogP contribution < -0.4 is 9.46 Å². The summed E-state index contributed by atoms with van der Waals surface area (Å²) in [5.41, 5.74) is 0. The van der Waals surface area contributed by atoms with E-state index in [1.54, 1.807) is 0 Å². The van der Waals surface area contributed by atoms with E-state index in [2.05, 4.69) is 14.7 Å². The summed E-state index contributed by atoms with van der Waals surface area (Å²) in [5.74, 6) is -0.916. The van der Waals surface area contributed by atoms with Crippen LogP contribution in [0.3, 0.4) is 0 Å². The second-order valence-corrected chi connectivity index (χ2v) is 6.21. The van der Waals surface area contributed by atoms with Crippen molar-refractivity contribution in [2.24, 2.45) is 0 Å². The van der Waals surface area contributed by atoms with Crippen molar-refractivity contribution in [3.63, 3.8) is 0 Å². The Labute approximate surface area is 129 Å². The van der Waals surface area contributed by atoms with Crippen molar-refractivity contribution in [3.8, 4) is 5.88 Å². The zero-order valence-corrected chi connectivity index (χ0v) is 12.8. The quantitative estimate of drug-likeness (QED) is 0.856. The highest BCUT2D eigenvalue weighted by Crippen LogP contribution is 2.22. The lowest BCUT2D eigenvalue weighted by Gasteiger charge is -2.08. The molecule has 1 heterocycles. The van der Waals surface area contributed by atoms with E-state index in [1.165, 1.54) is 13.2 Å². The standard InChI is InChI=1S/C11H8Cl2FN3O3S/c1-20-10-5-9(13)15-11(16-10)17-21(18,19)6-2-3-8(14)7(12)4-6/h2-5H,1H3,(H,15,16,17). The highest BCUT2D eigenvalue weighted by Gasteiger charge is 2.18. The molecule has 21 heavy (non-hydrogen) atoms. The summed E-state index contributed by atoms with van der Waals surface area (Å²) < 4.78 is 44.3. The number of nitrogens with one attached hydrogen (secondary N) is 1. The van der Waals surface area contributed by atoms with Crippen LogP contribution in [0.5, 0.6) is 5.88 Å². The van der Waals surface area contributed by atoms with Gasteiger partial charge in [-0.25, -0.2) is 22.5 Å². The molecule has 1 aromatic carbocycles. The molecule has 0 amide bonds. The SMILES string of the molecule is COc1cc(Cl)nc(NS(=O)(=O)c2ccc(F)c(Cl)c2)n1. The van der Waals surface area contributed by atoms with Crippen LogP contribution in [0.1, 0.15) is 0 Å². The van der Waals surface area contributed by atoms with Crippen LogP contribution >= 0.6 is 23.2 Å². The number of halogens is 3. The number of sulfonamides is 1. The predicted molar refractivity (Wildman–Crippen MR) is 75.8 cm³/mol. The van der Waals surface area contributed by atoms with Gasteiger partial charge in [-0.3, -0.25) is 0 Å². The van der Waals surface area contributed by atoms with Gasteiger partial charge in [0.2, 0.25) is 11.8 Å². The van der Waals surface area contributed by atoms with E-state index >= 15 is 0 Å². The largest absolute Gasteiger partial charge is 0.481 e.